The molecule has 1 aromatic rings. The molecule has 5 heteroatoms. The van der Waals surface area contributed by atoms with Crippen LogP contribution in [-0.2, 0) is 10.0 Å². The SMILES string of the molecule is CCC1CCCC(Nc2cccc(S(=O)(=O)N(C)C)c2)C1. The van der Waals surface area contributed by atoms with Crippen molar-refractivity contribution in [2.75, 3.05) is 19.4 Å². The predicted molar refractivity (Wildman–Crippen MR) is 87.0 cm³/mol. The van der Waals surface area contributed by atoms with Crippen LogP contribution in [-0.4, -0.2) is 32.9 Å². The molecule has 0 radical (unpaired) electrons. The lowest BCUT2D eigenvalue weighted by molar-refractivity contribution is 0.327. The smallest absolute Gasteiger partial charge is 0.242 e. The van der Waals surface area contributed by atoms with Crippen molar-refractivity contribution in [2.24, 2.45) is 5.92 Å². The van der Waals surface area contributed by atoms with Gasteiger partial charge in [-0.05, 0) is 37.0 Å². The van der Waals surface area contributed by atoms with E-state index in [0.717, 1.165) is 11.6 Å². The second-order valence-electron chi connectivity index (χ2n) is 6.10. The molecule has 1 fully saturated rings. The van der Waals surface area contributed by atoms with Crippen molar-refractivity contribution in [2.45, 2.75) is 50.0 Å². The van der Waals surface area contributed by atoms with Crippen molar-refractivity contribution in [3.05, 3.63) is 24.3 Å². The number of anilines is 1. The van der Waals surface area contributed by atoms with E-state index in [1.165, 1.54) is 36.4 Å². The monoisotopic (exact) mass is 310 g/mol. The Morgan fingerprint density at radius 3 is 2.71 bits per heavy atom. The molecule has 1 aliphatic rings. The Bertz CT molecular complexity index is 569. The first-order valence-corrected chi connectivity index (χ1v) is 9.16. The summed E-state index contributed by atoms with van der Waals surface area (Å²) in [5, 5.41) is 3.51. The summed E-state index contributed by atoms with van der Waals surface area (Å²) in [5.41, 5.74) is 0.902. The van der Waals surface area contributed by atoms with Crippen molar-refractivity contribution in [3.8, 4) is 0 Å². The fraction of sp³-hybridized carbons (Fsp3) is 0.625. The van der Waals surface area contributed by atoms with Crippen LogP contribution in [0.3, 0.4) is 0 Å². The average Bonchev–Trinajstić information content (AvgIpc) is 2.47. The molecule has 2 rings (SSSR count). The molecule has 1 aromatic carbocycles. The Hall–Kier alpha value is -1.07. The number of sulfonamides is 1. The third-order valence-corrected chi connectivity index (χ3v) is 6.15. The summed E-state index contributed by atoms with van der Waals surface area (Å²) in [5.74, 6) is 0.796. The van der Waals surface area contributed by atoms with E-state index < -0.39 is 10.0 Å². The third-order valence-electron chi connectivity index (χ3n) is 4.34. The normalized spacial score (nSPS) is 23.2. The van der Waals surface area contributed by atoms with Crippen LogP contribution in [0.15, 0.2) is 29.2 Å². The van der Waals surface area contributed by atoms with Crippen LogP contribution in [0.4, 0.5) is 5.69 Å². The number of hydrogen-bond acceptors (Lipinski definition) is 3. The van der Waals surface area contributed by atoms with Gasteiger partial charge in [0.25, 0.3) is 0 Å². The zero-order valence-electron chi connectivity index (χ0n) is 13.2. The van der Waals surface area contributed by atoms with Crippen LogP contribution in [0, 0.1) is 5.92 Å². The van der Waals surface area contributed by atoms with Gasteiger partial charge in [0.05, 0.1) is 4.90 Å². The van der Waals surface area contributed by atoms with Crippen LogP contribution in [0.2, 0.25) is 0 Å². The molecule has 4 nitrogen and oxygen atoms in total. The number of rotatable bonds is 5. The van der Waals surface area contributed by atoms with Crippen molar-refractivity contribution in [1.82, 2.24) is 4.31 Å². The number of nitrogens with zero attached hydrogens (tertiary/aromatic N) is 1. The molecule has 0 spiro atoms. The standard InChI is InChI=1S/C16H26N2O2S/c1-4-13-7-5-8-14(11-13)17-15-9-6-10-16(12-15)21(19,20)18(2)3/h6,9-10,12-14,17H,4-5,7-8,11H2,1-3H3. The molecule has 0 aromatic heterocycles. The van der Waals surface area contributed by atoms with E-state index in [9.17, 15) is 8.42 Å². The molecule has 1 N–H and O–H groups in total. The molecule has 2 unspecified atom stereocenters. The minimum Gasteiger partial charge on any atom is -0.382 e. The highest BCUT2D eigenvalue weighted by molar-refractivity contribution is 7.89. The van der Waals surface area contributed by atoms with E-state index in [0.29, 0.717) is 10.9 Å². The van der Waals surface area contributed by atoms with Gasteiger partial charge in [-0.25, -0.2) is 12.7 Å². The van der Waals surface area contributed by atoms with Gasteiger partial charge in [0, 0.05) is 25.8 Å². The lowest BCUT2D eigenvalue weighted by atomic mass is 9.84. The van der Waals surface area contributed by atoms with Gasteiger partial charge in [0.1, 0.15) is 0 Å². The van der Waals surface area contributed by atoms with Gasteiger partial charge in [-0.3, -0.25) is 0 Å². The Morgan fingerprint density at radius 1 is 1.29 bits per heavy atom. The van der Waals surface area contributed by atoms with E-state index in [4.69, 9.17) is 0 Å². The Labute approximate surface area is 128 Å². The summed E-state index contributed by atoms with van der Waals surface area (Å²) in [6.45, 7) is 2.25. The van der Waals surface area contributed by atoms with Crippen LogP contribution in [0.1, 0.15) is 39.0 Å². The molecule has 0 heterocycles. The summed E-state index contributed by atoms with van der Waals surface area (Å²) in [4.78, 5) is 0.348. The van der Waals surface area contributed by atoms with Crippen molar-refractivity contribution < 1.29 is 8.42 Å². The first-order valence-electron chi connectivity index (χ1n) is 7.72. The molecule has 0 amide bonds. The van der Waals surface area contributed by atoms with E-state index in [-0.39, 0.29) is 0 Å². The highest BCUT2D eigenvalue weighted by Crippen LogP contribution is 2.29. The summed E-state index contributed by atoms with van der Waals surface area (Å²) in [6, 6.07) is 7.60. The van der Waals surface area contributed by atoms with Gasteiger partial charge in [0.15, 0.2) is 0 Å². The van der Waals surface area contributed by atoms with Crippen molar-refractivity contribution >= 4 is 15.7 Å². The minimum atomic E-state index is -3.36. The van der Waals surface area contributed by atoms with E-state index in [1.807, 2.05) is 6.07 Å². The molecule has 2 atom stereocenters. The molecule has 0 aliphatic heterocycles. The second-order valence-corrected chi connectivity index (χ2v) is 8.25. The Balaban J connectivity index is 2.11. The molecular weight excluding hydrogens is 284 g/mol. The first kappa shape index (κ1) is 16.3. The second kappa shape index (κ2) is 6.79. The van der Waals surface area contributed by atoms with Gasteiger partial charge in [-0.2, -0.15) is 0 Å². The summed E-state index contributed by atoms with van der Waals surface area (Å²) in [6.07, 6.45) is 6.16. The maximum absolute atomic E-state index is 12.2. The molecule has 1 saturated carbocycles. The zero-order chi connectivity index (χ0) is 15.5. The van der Waals surface area contributed by atoms with Crippen molar-refractivity contribution in [3.63, 3.8) is 0 Å². The largest absolute Gasteiger partial charge is 0.382 e. The van der Waals surface area contributed by atoms with Gasteiger partial charge in [-0.15, -0.1) is 0 Å². The van der Waals surface area contributed by atoms with Gasteiger partial charge in [-0.1, -0.05) is 32.3 Å². The van der Waals surface area contributed by atoms with Crippen LogP contribution in [0.5, 0.6) is 0 Å². The first-order chi connectivity index (χ1) is 9.93. The highest BCUT2D eigenvalue weighted by atomic mass is 32.2. The summed E-state index contributed by atoms with van der Waals surface area (Å²) in [7, 11) is -0.246. The summed E-state index contributed by atoms with van der Waals surface area (Å²) < 4.78 is 25.6. The Morgan fingerprint density at radius 2 is 2.05 bits per heavy atom. The van der Waals surface area contributed by atoms with Crippen LogP contribution < -0.4 is 5.32 Å². The quantitative estimate of drug-likeness (QED) is 0.907. The third kappa shape index (κ3) is 3.98. The Kier molecular flexibility index (Phi) is 5.27. The lowest BCUT2D eigenvalue weighted by Gasteiger charge is -2.30. The van der Waals surface area contributed by atoms with E-state index >= 15 is 0 Å². The number of hydrogen-bond donors (Lipinski definition) is 1. The summed E-state index contributed by atoms with van der Waals surface area (Å²) >= 11 is 0. The van der Waals surface area contributed by atoms with Gasteiger partial charge >= 0.3 is 0 Å². The fourth-order valence-corrected chi connectivity index (χ4v) is 3.93. The fourth-order valence-electron chi connectivity index (χ4n) is 2.99. The van der Waals surface area contributed by atoms with Crippen molar-refractivity contribution in [1.29, 1.82) is 0 Å². The molecule has 21 heavy (non-hydrogen) atoms. The zero-order valence-corrected chi connectivity index (χ0v) is 14.0. The predicted octanol–water partition coefficient (Wildman–Crippen LogP) is 3.32. The molecule has 0 saturated heterocycles. The number of nitrogens with one attached hydrogen (secondary N) is 1. The van der Waals surface area contributed by atoms with Gasteiger partial charge < -0.3 is 5.32 Å². The minimum absolute atomic E-state index is 0.348. The lowest BCUT2D eigenvalue weighted by Crippen LogP contribution is -2.27. The molecule has 118 valence electrons. The number of benzene rings is 1. The van der Waals surface area contributed by atoms with Crippen LogP contribution >= 0.6 is 0 Å². The maximum atomic E-state index is 12.2. The highest BCUT2D eigenvalue weighted by Gasteiger charge is 2.21. The molecule has 0 bridgehead atoms. The maximum Gasteiger partial charge on any atom is 0.242 e. The van der Waals surface area contributed by atoms with E-state index in [1.54, 1.807) is 32.3 Å². The van der Waals surface area contributed by atoms with Gasteiger partial charge in [0.2, 0.25) is 10.0 Å². The molecule has 1 aliphatic carbocycles. The van der Waals surface area contributed by atoms with Crippen LogP contribution in [0.25, 0.3) is 0 Å². The van der Waals surface area contributed by atoms with E-state index in [2.05, 4.69) is 12.2 Å². The molecular formula is C16H26N2O2S. The topological polar surface area (TPSA) is 49.4 Å². The average molecular weight is 310 g/mol.